The number of hydrogen-bond acceptors (Lipinski definition) is 3. The molecule has 0 spiro atoms. The molecule has 1 radical (unpaired) electrons. The van der Waals surface area contributed by atoms with Gasteiger partial charge in [0.15, 0.2) is 0 Å². The largest absolute Gasteiger partial charge is 0.307 e. The SMILES string of the molecule is C=O.C=O.C=O.CCC1=CC[C-]=C1C.[Mn]. The van der Waals surface area contributed by atoms with Crippen LogP contribution in [0.2, 0.25) is 0 Å². The predicted molar refractivity (Wildman–Crippen MR) is 56.8 cm³/mol. The number of rotatable bonds is 1. The monoisotopic (exact) mass is 252 g/mol. The van der Waals surface area contributed by atoms with Crippen LogP contribution in [0, 0.1) is 6.08 Å². The van der Waals surface area contributed by atoms with Gasteiger partial charge in [0, 0.05) is 17.1 Å². The van der Waals surface area contributed by atoms with Gasteiger partial charge < -0.3 is 14.4 Å². The molecule has 0 aromatic carbocycles. The summed E-state index contributed by atoms with van der Waals surface area (Å²) in [6.07, 6.45) is 7.69. The van der Waals surface area contributed by atoms with Crippen molar-refractivity contribution in [3.8, 4) is 0 Å². The van der Waals surface area contributed by atoms with Gasteiger partial charge in [-0.25, -0.2) is 5.57 Å². The molecule has 0 bridgehead atoms. The van der Waals surface area contributed by atoms with E-state index in [0.717, 1.165) is 6.42 Å². The Kier molecular flexibility index (Phi) is 36.5. The molecule has 0 heterocycles. The van der Waals surface area contributed by atoms with E-state index in [0.29, 0.717) is 0 Å². The number of carbonyl (C=O) groups excluding carboxylic acids is 3. The normalized spacial score (nSPS) is 10.5. The van der Waals surface area contributed by atoms with Gasteiger partial charge in [-0.05, 0) is 0 Å². The number of allylic oxidation sites excluding steroid dienone is 4. The quantitative estimate of drug-likeness (QED) is 0.529. The molecule has 1 aliphatic carbocycles. The minimum atomic E-state index is 0. The maximum absolute atomic E-state index is 8.00. The predicted octanol–water partition coefficient (Wildman–Crippen LogP) is 1.92. The van der Waals surface area contributed by atoms with Crippen LogP contribution in [0.4, 0.5) is 0 Å². The summed E-state index contributed by atoms with van der Waals surface area (Å²) in [6.45, 7) is 10.3. The molecule has 0 aliphatic heterocycles. The molecule has 1 rings (SSSR count). The molecule has 87 valence electrons. The van der Waals surface area contributed by atoms with Crippen LogP contribution in [0.5, 0.6) is 0 Å². The number of carbonyl (C=O) groups is 3. The second-order valence-electron chi connectivity index (χ2n) is 2.09. The molecule has 0 fully saturated rings. The van der Waals surface area contributed by atoms with Gasteiger partial charge in [-0.3, -0.25) is 6.08 Å². The fraction of sp³-hybridized carbons (Fsp3) is 0.364. The summed E-state index contributed by atoms with van der Waals surface area (Å²) in [4.78, 5) is 24.0. The zero-order chi connectivity index (χ0) is 12.0. The Morgan fingerprint density at radius 3 is 1.73 bits per heavy atom. The second kappa shape index (κ2) is 23.1. The Hall–Kier alpha value is -0.991. The zero-order valence-electron chi connectivity index (χ0n) is 9.22. The summed E-state index contributed by atoms with van der Waals surface area (Å²) in [7, 11) is 0. The van der Waals surface area contributed by atoms with Crippen LogP contribution in [0.3, 0.4) is 0 Å². The Morgan fingerprint density at radius 1 is 1.20 bits per heavy atom. The Bertz CT molecular complexity index is 184. The van der Waals surface area contributed by atoms with Gasteiger partial charge in [0.05, 0.1) is 0 Å². The van der Waals surface area contributed by atoms with Gasteiger partial charge in [-0.2, -0.15) is 11.6 Å². The van der Waals surface area contributed by atoms with E-state index in [4.69, 9.17) is 14.4 Å². The van der Waals surface area contributed by atoms with Crippen LogP contribution >= 0.6 is 0 Å². The van der Waals surface area contributed by atoms with Gasteiger partial charge in [-0.15, -0.1) is 6.42 Å². The Balaban J connectivity index is -0.0000000755. The zero-order valence-corrected chi connectivity index (χ0v) is 10.4. The van der Waals surface area contributed by atoms with Crippen molar-refractivity contribution in [2.45, 2.75) is 26.7 Å². The van der Waals surface area contributed by atoms with Crippen LogP contribution < -0.4 is 0 Å². The first-order valence-corrected chi connectivity index (χ1v) is 3.98. The summed E-state index contributed by atoms with van der Waals surface area (Å²) in [5, 5.41) is 0. The van der Waals surface area contributed by atoms with Crippen LogP contribution in [0.1, 0.15) is 26.7 Å². The van der Waals surface area contributed by atoms with E-state index in [9.17, 15) is 0 Å². The molecule has 0 N–H and O–H groups in total. The molecule has 0 aromatic heterocycles. The van der Waals surface area contributed by atoms with Crippen LogP contribution in [0.15, 0.2) is 17.2 Å². The first-order chi connectivity index (χ1) is 6.84. The van der Waals surface area contributed by atoms with E-state index in [-0.39, 0.29) is 17.1 Å². The van der Waals surface area contributed by atoms with E-state index in [1.165, 1.54) is 17.6 Å². The van der Waals surface area contributed by atoms with Crippen LogP contribution in [-0.2, 0) is 31.5 Å². The average molecular weight is 252 g/mol. The molecule has 15 heavy (non-hydrogen) atoms. The third-order valence-electron chi connectivity index (χ3n) is 1.58. The molecule has 0 amide bonds. The van der Waals surface area contributed by atoms with E-state index in [2.05, 4.69) is 26.0 Å². The third-order valence-corrected chi connectivity index (χ3v) is 1.58. The van der Waals surface area contributed by atoms with Crippen molar-refractivity contribution in [3.63, 3.8) is 0 Å². The molecular formula is C11H17MnO3-. The smallest absolute Gasteiger partial charge is 0.106 e. The standard InChI is InChI=1S/C8H11.3CH2O.Mn/c1-3-8-6-4-5-7(8)2;3*1-2;/h6H,3-4H2,1-2H3;3*1H2;/q-1;;;;. The third kappa shape index (κ3) is 13.0. The molecule has 4 heteroatoms. The van der Waals surface area contributed by atoms with Crippen molar-refractivity contribution in [1.82, 2.24) is 0 Å². The molecule has 0 aromatic rings. The summed E-state index contributed by atoms with van der Waals surface area (Å²) in [5.41, 5.74) is 2.83. The summed E-state index contributed by atoms with van der Waals surface area (Å²) in [6, 6.07) is 0. The summed E-state index contributed by atoms with van der Waals surface area (Å²) < 4.78 is 0. The fourth-order valence-electron chi connectivity index (χ4n) is 1.00. The maximum atomic E-state index is 8.00. The fourth-order valence-corrected chi connectivity index (χ4v) is 1.00. The van der Waals surface area contributed by atoms with E-state index >= 15 is 0 Å². The van der Waals surface area contributed by atoms with Crippen molar-refractivity contribution in [2.24, 2.45) is 0 Å². The van der Waals surface area contributed by atoms with Crippen LogP contribution in [0.25, 0.3) is 0 Å². The molecular weight excluding hydrogens is 235 g/mol. The molecule has 0 unspecified atom stereocenters. The summed E-state index contributed by atoms with van der Waals surface area (Å²) in [5.74, 6) is 0. The van der Waals surface area contributed by atoms with E-state index < -0.39 is 0 Å². The van der Waals surface area contributed by atoms with Gasteiger partial charge in [0.1, 0.15) is 20.4 Å². The van der Waals surface area contributed by atoms with Crippen molar-refractivity contribution in [3.05, 3.63) is 23.3 Å². The second-order valence-corrected chi connectivity index (χ2v) is 2.09. The minimum absolute atomic E-state index is 0. The van der Waals surface area contributed by atoms with Crippen molar-refractivity contribution >= 4 is 20.4 Å². The van der Waals surface area contributed by atoms with Gasteiger partial charge in [0.2, 0.25) is 0 Å². The van der Waals surface area contributed by atoms with Gasteiger partial charge >= 0.3 is 0 Å². The first-order valence-electron chi connectivity index (χ1n) is 3.98. The Morgan fingerprint density at radius 2 is 1.60 bits per heavy atom. The minimum Gasteiger partial charge on any atom is -0.307 e. The van der Waals surface area contributed by atoms with Crippen molar-refractivity contribution in [1.29, 1.82) is 0 Å². The molecule has 0 saturated carbocycles. The van der Waals surface area contributed by atoms with E-state index in [1.54, 1.807) is 0 Å². The van der Waals surface area contributed by atoms with Crippen molar-refractivity contribution < 1.29 is 31.5 Å². The molecule has 0 saturated heterocycles. The molecule has 3 nitrogen and oxygen atoms in total. The Labute approximate surface area is 102 Å². The van der Waals surface area contributed by atoms with Gasteiger partial charge in [-0.1, -0.05) is 20.3 Å². The number of hydrogen-bond donors (Lipinski definition) is 0. The van der Waals surface area contributed by atoms with Crippen LogP contribution in [-0.4, -0.2) is 20.4 Å². The van der Waals surface area contributed by atoms with Crippen molar-refractivity contribution in [2.75, 3.05) is 0 Å². The van der Waals surface area contributed by atoms with Gasteiger partial charge in [0.25, 0.3) is 0 Å². The topological polar surface area (TPSA) is 51.2 Å². The maximum Gasteiger partial charge on any atom is 0.106 e. The average Bonchev–Trinajstić information content (AvgIpc) is 2.72. The molecule has 0 atom stereocenters. The first kappa shape index (κ1) is 23.7. The molecule has 1 aliphatic rings. The van der Waals surface area contributed by atoms with E-state index in [1.807, 2.05) is 20.4 Å². The summed E-state index contributed by atoms with van der Waals surface area (Å²) >= 11 is 0.